The van der Waals surface area contributed by atoms with Crippen LogP contribution in [0.15, 0.2) is 71.1 Å². The van der Waals surface area contributed by atoms with Gasteiger partial charge in [0, 0.05) is 40.6 Å². The predicted octanol–water partition coefficient (Wildman–Crippen LogP) is 4.44. The molecular weight excluding hydrogens is 383 g/mol. The number of rotatable bonds is 4. The van der Waals surface area contributed by atoms with Gasteiger partial charge in [-0.1, -0.05) is 18.2 Å². The van der Waals surface area contributed by atoms with Crippen molar-refractivity contribution in [2.24, 2.45) is 0 Å². The van der Waals surface area contributed by atoms with Gasteiger partial charge < -0.3 is 15.4 Å². The van der Waals surface area contributed by atoms with Crippen molar-refractivity contribution in [3.63, 3.8) is 0 Å². The second-order valence-corrected chi connectivity index (χ2v) is 7.50. The summed E-state index contributed by atoms with van der Waals surface area (Å²) in [6.45, 7) is 1.83. The van der Waals surface area contributed by atoms with E-state index >= 15 is 0 Å². The zero-order valence-corrected chi connectivity index (χ0v) is 16.9. The fourth-order valence-electron chi connectivity index (χ4n) is 4.18. The quantitative estimate of drug-likeness (QED) is 0.788. The molecule has 2 aromatic carbocycles. The van der Waals surface area contributed by atoms with Crippen LogP contribution in [0.5, 0.6) is 5.75 Å². The van der Waals surface area contributed by atoms with E-state index in [4.69, 9.17) is 4.74 Å². The summed E-state index contributed by atoms with van der Waals surface area (Å²) < 4.78 is 18.8. The highest BCUT2D eigenvalue weighted by Crippen LogP contribution is 2.42. The number of carbonyl (C=O) groups is 2. The summed E-state index contributed by atoms with van der Waals surface area (Å²) in [5.74, 6) is -0.541. The SMILES string of the molecule is COc1ccc(C2C(C(=O)Nc3cccc(F)c3)=C(C)NC3=C2C(=O)CCC3)cc1. The number of methoxy groups -OCH3 is 1. The molecule has 2 aliphatic rings. The fraction of sp³-hybridized carbons (Fsp3) is 0.250. The Morgan fingerprint density at radius 3 is 2.63 bits per heavy atom. The molecule has 0 radical (unpaired) electrons. The lowest BCUT2D eigenvalue weighted by Crippen LogP contribution is -2.35. The lowest BCUT2D eigenvalue weighted by molar-refractivity contribution is -0.116. The Labute approximate surface area is 174 Å². The Bertz CT molecular complexity index is 1070. The molecule has 1 aliphatic heterocycles. The van der Waals surface area contributed by atoms with Gasteiger partial charge >= 0.3 is 0 Å². The first-order valence-electron chi connectivity index (χ1n) is 9.93. The van der Waals surface area contributed by atoms with Crippen LogP contribution >= 0.6 is 0 Å². The number of amides is 1. The minimum atomic E-state index is -0.492. The van der Waals surface area contributed by atoms with Crippen molar-refractivity contribution < 1.29 is 18.7 Å². The van der Waals surface area contributed by atoms with Gasteiger partial charge in [-0.15, -0.1) is 0 Å². The van der Waals surface area contributed by atoms with Crippen LogP contribution in [-0.2, 0) is 9.59 Å². The summed E-state index contributed by atoms with van der Waals surface area (Å²) in [4.78, 5) is 26.2. The molecule has 0 fully saturated rings. The van der Waals surface area contributed by atoms with Crippen molar-refractivity contribution in [1.82, 2.24) is 5.32 Å². The summed E-state index contributed by atoms with van der Waals surface area (Å²) in [5, 5.41) is 6.06. The predicted molar refractivity (Wildman–Crippen MR) is 112 cm³/mol. The largest absolute Gasteiger partial charge is 0.497 e. The van der Waals surface area contributed by atoms with E-state index in [1.807, 2.05) is 31.2 Å². The summed E-state index contributed by atoms with van der Waals surface area (Å²) in [6.07, 6.45) is 2.02. The molecule has 30 heavy (non-hydrogen) atoms. The molecule has 0 saturated heterocycles. The van der Waals surface area contributed by atoms with E-state index in [1.54, 1.807) is 13.2 Å². The molecule has 5 nitrogen and oxygen atoms in total. The van der Waals surface area contributed by atoms with Gasteiger partial charge in [-0.2, -0.15) is 0 Å². The molecular formula is C24H23FN2O3. The number of benzene rings is 2. The molecule has 1 atom stereocenters. The number of carbonyl (C=O) groups excluding carboxylic acids is 2. The molecule has 2 aromatic rings. The molecule has 0 bridgehead atoms. The van der Waals surface area contributed by atoms with Crippen LogP contribution in [0.2, 0.25) is 0 Å². The second kappa shape index (κ2) is 8.14. The highest BCUT2D eigenvalue weighted by Gasteiger charge is 2.38. The number of hydrogen-bond donors (Lipinski definition) is 2. The van der Waals surface area contributed by atoms with Crippen molar-refractivity contribution in [2.75, 3.05) is 12.4 Å². The number of Topliss-reactive ketones (excluding diaryl/α,β-unsaturated/α-hetero) is 1. The summed E-state index contributed by atoms with van der Waals surface area (Å²) >= 11 is 0. The number of allylic oxidation sites excluding steroid dienone is 3. The second-order valence-electron chi connectivity index (χ2n) is 7.50. The summed E-state index contributed by atoms with van der Waals surface area (Å²) in [5.41, 5.74) is 3.87. The van der Waals surface area contributed by atoms with Gasteiger partial charge in [0.05, 0.1) is 7.11 Å². The van der Waals surface area contributed by atoms with Gasteiger partial charge in [0.15, 0.2) is 5.78 Å². The highest BCUT2D eigenvalue weighted by atomic mass is 19.1. The number of anilines is 1. The van der Waals surface area contributed by atoms with Crippen molar-refractivity contribution in [3.8, 4) is 5.75 Å². The average molecular weight is 406 g/mol. The zero-order valence-electron chi connectivity index (χ0n) is 16.9. The number of ether oxygens (including phenoxy) is 1. The smallest absolute Gasteiger partial charge is 0.254 e. The standard InChI is InChI=1S/C24H23FN2O3/c1-14-21(24(29)27-17-6-3-5-16(25)13-17)22(15-9-11-18(30-2)12-10-15)23-19(26-14)7-4-8-20(23)28/h3,5-6,9-13,22,26H,4,7-8H2,1-2H3,(H,27,29). The molecule has 1 unspecified atom stereocenters. The van der Waals surface area contributed by atoms with Crippen molar-refractivity contribution in [3.05, 3.63) is 82.5 Å². The van der Waals surface area contributed by atoms with E-state index < -0.39 is 11.7 Å². The van der Waals surface area contributed by atoms with E-state index in [1.165, 1.54) is 18.2 Å². The van der Waals surface area contributed by atoms with Crippen molar-refractivity contribution >= 4 is 17.4 Å². The first kappa shape index (κ1) is 19.9. The van der Waals surface area contributed by atoms with Crippen LogP contribution in [0, 0.1) is 5.82 Å². The Morgan fingerprint density at radius 1 is 1.17 bits per heavy atom. The molecule has 0 aromatic heterocycles. The minimum absolute atomic E-state index is 0.0492. The van der Waals surface area contributed by atoms with Gasteiger partial charge in [-0.25, -0.2) is 4.39 Å². The van der Waals surface area contributed by atoms with Gasteiger partial charge in [-0.05, 0) is 55.7 Å². The molecule has 1 amide bonds. The van der Waals surface area contributed by atoms with Gasteiger partial charge in [-0.3, -0.25) is 9.59 Å². The van der Waals surface area contributed by atoms with Crippen LogP contribution in [0.3, 0.4) is 0 Å². The van der Waals surface area contributed by atoms with Crippen LogP contribution < -0.4 is 15.4 Å². The van der Waals surface area contributed by atoms with E-state index in [9.17, 15) is 14.0 Å². The molecule has 0 saturated carbocycles. The zero-order chi connectivity index (χ0) is 21.3. The third-order valence-electron chi connectivity index (χ3n) is 5.55. The Morgan fingerprint density at radius 2 is 1.93 bits per heavy atom. The van der Waals surface area contributed by atoms with Gasteiger partial charge in [0.2, 0.25) is 0 Å². The Balaban J connectivity index is 1.77. The first-order chi connectivity index (χ1) is 14.5. The third kappa shape index (κ3) is 3.73. The van der Waals surface area contributed by atoms with E-state index in [0.29, 0.717) is 34.7 Å². The van der Waals surface area contributed by atoms with Crippen LogP contribution in [0.1, 0.15) is 37.7 Å². The normalized spacial score (nSPS) is 18.6. The Hall–Kier alpha value is -3.41. The number of nitrogens with one attached hydrogen (secondary N) is 2. The average Bonchev–Trinajstić information content (AvgIpc) is 2.73. The number of hydrogen-bond acceptors (Lipinski definition) is 4. The lowest BCUT2D eigenvalue weighted by Gasteiger charge is -2.34. The summed E-state index contributed by atoms with van der Waals surface area (Å²) in [6, 6.07) is 13.2. The lowest BCUT2D eigenvalue weighted by atomic mass is 9.75. The Kier molecular flexibility index (Phi) is 5.40. The van der Waals surface area contributed by atoms with Crippen LogP contribution in [-0.4, -0.2) is 18.8 Å². The minimum Gasteiger partial charge on any atom is -0.497 e. The maximum atomic E-state index is 13.6. The molecule has 1 aliphatic carbocycles. The van der Waals surface area contributed by atoms with Crippen molar-refractivity contribution in [1.29, 1.82) is 0 Å². The molecule has 6 heteroatoms. The van der Waals surface area contributed by atoms with Crippen LogP contribution in [0.25, 0.3) is 0 Å². The first-order valence-corrected chi connectivity index (χ1v) is 9.93. The topological polar surface area (TPSA) is 67.4 Å². The van der Waals surface area contributed by atoms with E-state index in [2.05, 4.69) is 10.6 Å². The molecule has 1 heterocycles. The maximum Gasteiger partial charge on any atom is 0.254 e. The third-order valence-corrected chi connectivity index (χ3v) is 5.55. The van der Waals surface area contributed by atoms with Crippen molar-refractivity contribution in [2.45, 2.75) is 32.1 Å². The fourth-order valence-corrected chi connectivity index (χ4v) is 4.18. The maximum absolute atomic E-state index is 13.6. The number of dihydropyridines is 1. The summed E-state index contributed by atoms with van der Waals surface area (Å²) in [7, 11) is 1.59. The molecule has 0 spiro atoms. The number of ketones is 1. The molecule has 2 N–H and O–H groups in total. The monoisotopic (exact) mass is 406 g/mol. The van der Waals surface area contributed by atoms with Crippen LogP contribution in [0.4, 0.5) is 10.1 Å². The molecule has 154 valence electrons. The number of halogens is 1. The van der Waals surface area contributed by atoms with Gasteiger partial charge in [0.1, 0.15) is 11.6 Å². The molecule has 4 rings (SSSR count). The highest BCUT2D eigenvalue weighted by molar-refractivity contribution is 6.09. The van der Waals surface area contributed by atoms with Gasteiger partial charge in [0.25, 0.3) is 5.91 Å². The van der Waals surface area contributed by atoms with E-state index in [0.717, 1.165) is 24.1 Å². The van der Waals surface area contributed by atoms with E-state index in [-0.39, 0.29) is 11.7 Å².